The molecule has 124 valence electrons. The van der Waals surface area contributed by atoms with E-state index in [1.807, 2.05) is 37.3 Å². The van der Waals surface area contributed by atoms with Gasteiger partial charge in [-0.3, -0.25) is 9.89 Å². The molecule has 8 heteroatoms. The third-order valence-electron chi connectivity index (χ3n) is 3.95. The molecule has 2 N–H and O–H groups in total. The fourth-order valence-electron chi connectivity index (χ4n) is 2.64. The van der Waals surface area contributed by atoms with E-state index in [1.54, 1.807) is 23.3 Å². The van der Waals surface area contributed by atoms with Crippen molar-refractivity contribution in [1.82, 2.24) is 35.3 Å². The Morgan fingerprint density at radius 2 is 2.08 bits per heavy atom. The lowest BCUT2D eigenvalue weighted by molar-refractivity contribution is 0.0950. The number of carbonyl (C=O) groups is 1. The summed E-state index contributed by atoms with van der Waals surface area (Å²) in [6.07, 6.45) is 4.92. The molecule has 0 saturated carbocycles. The first-order valence-electron chi connectivity index (χ1n) is 7.76. The standard InChI is InChI=1S/C17H15N7O/c1-11-13(9-21-24(11)15-6-2-3-7-18-15)17(25)20-10-14-12-5-4-8-19-16(12)23-22-14/h2-9H,10H2,1H3,(H,20,25)(H,19,22,23). The highest BCUT2D eigenvalue weighted by Crippen LogP contribution is 2.14. The van der Waals surface area contributed by atoms with E-state index in [0.717, 1.165) is 16.8 Å². The summed E-state index contributed by atoms with van der Waals surface area (Å²) < 4.78 is 1.64. The summed E-state index contributed by atoms with van der Waals surface area (Å²) in [7, 11) is 0. The molecule has 1 amide bonds. The second-order valence-corrected chi connectivity index (χ2v) is 5.50. The van der Waals surface area contributed by atoms with E-state index in [2.05, 4.69) is 30.6 Å². The predicted octanol–water partition coefficient (Wildman–Crippen LogP) is 1.78. The first-order chi connectivity index (χ1) is 12.2. The minimum absolute atomic E-state index is 0.202. The van der Waals surface area contributed by atoms with Gasteiger partial charge < -0.3 is 5.32 Å². The Kier molecular flexibility index (Phi) is 3.70. The summed E-state index contributed by atoms with van der Waals surface area (Å²) in [4.78, 5) is 20.9. The lowest BCUT2D eigenvalue weighted by Gasteiger charge is -2.05. The lowest BCUT2D eigenvalue weighted by atomic mass is 10.2. The van der Waals surface area contributed by atoms with Crippen LogP contribution in [0.3, 0.4) is 0 Å². The molecule has 25 heavy (non-hydrogen) atoms. The summed E-state index contributed by atoms with van der Waals surface area (Å²) >= 11 is 0. The van der Waals surface area contributed by atoms with E-state index < -0.39 is 0 Å². The van der Waals surface area contributed by atoms with Crippen LogP contribution in [0.1, 0.15) is 21.7 Å². The van der Waals surface area contributed by atoms with Gasteiger partial charge in [-0.05, 0) is 31.2 Å². The van der Waals surface area contributed by atoms with Crippen LogP contribution in [0.4, 0.5) is 0 Å². The third-order valence-corrected chi connectivity index (χ3v) is 3.95. The fraction of sp³-hybridized carbons (Fsp3) is 0.118. The largest absolute Gasteiger partial charge is 0.346 e. The predicted molar refractivity (Wildman–Crippen MR) is 91.2 cm³/mol. The number of aromatic nitrogens is 6. The second kappa shape index (κ2) is 6.16. The summed E-state index contributed by atoms with van der Waals surface area (Å²) in [6.45, 7) is 2.17. The molecule has 4 aromatic heterocycles. The Morgan fingerprint density at radius 3 is 2.92 bits per heavy atom. The molecular formula is C17H15N7O. The van der Waals surface area contributed by atoms with Gasteiger partial charge in [0.2, 0.25) is 0 Å². The molecule has 0 aliphatic rings. The van der Waals surface area contributed by atoms with Gasteiger partial charge in [-0.25, -0.2) is 14.6 Å². The molecule has 0 radical (unpaired) electrons. The number of hydrogen-bond acceptors (Lipinski definition) is 5. The average molecular weight is 333 g/mol. The molecule has 0 saturated heterocycles. The van der Waals surface area contributed by atoms with Gasteiger partial charge in [0.25, 0.3) is 5.91 Å². The highest BCUT2D eigenvalue weighted by molar-refractivity contribution is 5.95. The Labute approximate surface area is 142 Å². The number of nitrogens with zero attached hydrogens (tertiary/aromatic N) is 5. The number of amides is 1. The molecule has 0 aliphatic carbocycles. The van der Waals surface area contributed by atoms with E-state index in [4.69, 9.17) is 0 Å². The normalized spacial score (nSPS) is 10.9. The third kappa shape index (κ3) is 2.74. The fourth-order valence-corrected chi connectivity index (χ4v) is 2.64. The van der Waals surface area contributed by atoms with Gasteiger partial charge in [0.1, 0.15) is 0 Å². The Bertz CT molecular complexity index is 1040. The van der Waals surface area contributed by atoms with Crippen LogP contribution in [0.25, 0.3) is 16.9 Å². The first kappa shape index (κ1) is 15.0. The molecule has 4 heterocycles. The Morgan fingerprint density at radius 1 is 1.20 bits per heavy atom. The molecule has 8 nitrogen and oxygen atoms in total. The van der Waals surface area contributed by atoms with Crippen molar-refractivity contribution in [2.75, 3.05) is 0 Å². The summed E-state index contributed by atoms with van der Waals surface area (Å²) in [5.74, 6) is 0.469. The van der Waals surface area contributed by atoms with Gasteiger partial charge in [0.15, 0.2) is 11.5 Å². The summed E-state index contributed by atoms with van der Waals surface area (Å²) in [5, 5.41) is 15.1. The first-order valence-corrected chi connectivity index (χ1v) is 7.76. The minimum atomic E-state index is -0.202. The maximum absolute atomic E-state index is 12.5. The number of hydrogen-bond donors (Lipinski definition) is 2. The number of rotatable bonds is 4. The lowest BCUT2D eigenvalue weighted by Crippen LogP contribution is -2.23. The molecule has 0 bridgehead atoms. The smallest absolute Gasteiger partial charge is 0.255 e. The van der Waals surface area contributed by atoms with Crippen LogP contribution < -0.4 is 5.32 Å². The molecule has 4 rings (SSSR count). The Balaban J connectivity index is 1.53. The van der Waals surface area contributed by atoms with Gasteiger partial charge in [-0.15, -0.1) is 0 Å². The monoisotopic (exact) mass is 333 g/mol. The number of carbonyl (C=O) groups excluding carboxylic acids is 1. The van der Waals surface area contributed by atoms with Crippen LogP contribution in [-0.2, 0) is 6.54 Å². The van der Waals surface area contributed by atoms with Gasteiger partial charge in [0, 0.05) is 17.8 Å². The van der Waals surface area contributed by atoms with Crippen molar-refractivity contribution in [3.8, 4) is 5.82 Å². The topological polar surface area (TPSA) is 101 Å². The highest BCUT2D eigenvalue weighted by Gasteiger charge is 2.16. The average Bonchev–Trinajstić information content (AvgIpc) is 3.24. The van der Waals surface area contributed by atoms with Crippen LogP contribution in [0.2, 0.25) is 0 Å². The van der Waals surface area contributed by atoms with Crippen LogP contribution in [0, 0.1) is 6.92 Å². The van der Waals surface area contributed by atoms with Crippen molar-refractivity contribution < 1.29 is 4.79 Å². The van der Waals surface area contributed by atoms with Gasteiger partial charge in [0.05, 0.1) is 29.7 Å². The molecule has 0 atom stereocenters. The Hall–Kier alpha value is -3.55. The second-order valence-electron chi connectivity index (χ2n) is 5.50. The zero-order valence-corrected chi connectivity index (χ0v) is 13.5. The van der Waals surface area contributed by atoms with Crippen LogP contribution in [-0.4, -0.2) is 35.9 Å². The molecule has 4 aromatic rings. The van der Waals surface area contributed by atoms with E-state index in [1.165, 1.54) is 0 Å². The maximum Gasteiger partial charge on any atom is 0.255 e. The van der Waals surface area contributed by atoms with E-state index >= 15 is 0 Å². The van der Waals surface area contributed by atoms with E-state index in [9.17, 15) is 4.79 Å². The number of aromatic amines is 1. The minimum Gasteiger partial charge on any atom is -0.346 e. The van der Waals surface area contributed by atoms with Crippen molar-refractivity contribution in [2.24, 2.45) is 0 Å². The van der Waals surface area contributed by atoms with Crippen LogP contribution in [0.5, 0.6) is 0 Å². The zero-order valence-electron chi connectivity index (χ0n) is 13.5. The van der Waals surface area contributed by atoms with Gasteiger partial charge in [-0.1, -0.05) is 6.07 Å². The number of pyridine rings is 2. The van der Waals surface area contributed by atoms with Crippen molar-refractivity contribution >= 4 is 16.9 Å². The number of H-pyrrole nitrogens is 1. The van der Waals surface area contributed by atoms with Crippen molar-refractivity contribution in [2.45, 2.75) is 13.5 Å². The van der Waals surface area contributed by atoms with Gasteiger partial charge in [-0.2, -0.15) is 10.2 Å². The molecule has 0 aromatic carbocycles. The van der Waals surface area contributed by atoms with E-state index in [0.29, 0.717) is 23.6 Å². The number of fused-ring (bicyclic) bond motifs is 1. The van der Waals surface area contributed by atoms with Crippen molar-refractivity contribution in [3.05, 3.63) is 65.9 Å². The molecular weight excluding hydrogens is 318 g/mol. The number of nitrogens with one attached hydrogen (secondary N) is 2. The van der Waals surface area contributed by atoms with E-state index in [-0.39, 0.29) is 5.91 Å². The molecule has 0 fully saturated rings. The zero-order chi connectivity index (χ0) is 17.2. The molecule has 0 aliphatic heterocycles. The molecule has 0 spiro atoms. The van der Waals surface area contributed by atoms with Crippen LogP contribution in [0.15, 0.2) is 48.9 Å². The summed E-state index contributed by atoms with van der Waals surface area (Å²) in [5.41, 5.74) is 2.68. The maximum atomic E-state index is 12.5. The van der Waals surface area contributed by atoms with Crippen molar-refractivity contribution in [3.63, 3.8) is 0 Å². The molecule has 0 unspecified atom stereocenters. The van der Waals surface area contributed by atoms with Crippen molar-refractivity contribution in [1.29, 1.82) is 0 Å². The quantitative estimate of drug-likeness (QED) is 0.593. The van der Waals surface area contributed by atoms with Crippen LogP contribution >= 0.6 is 0 Å². The summed E-state index contributed by atoms with van der Waals surface area (Å²) in [6, 6.07) is 9.30. The van der Waals surface area contributed by atoms with Gasteiger partial charge >= 0.3 is 0 Å². The SMILES string of the molecule is Cc1c(C(=O)NCc2[nH]nc3ncccc23)cnn1-c1ccccn1. The highest BCUT2D eigenvalue weighted by atomic mass is 16.1.